The summed E-state index contributed by atoms with van der Waals surface area (Å²) in [6, 6.07) is 5.63. The van der Waals surface area contributed by atoms with Crippen LogP contribution in [0.25, 0.3) is 0 Å². The van der Waals surface area contributed by atoms with Crippen LogP contribution in [0.4, 0.5) is 0 Å². The van der Waals surface area contributed by atoms with Gasteiger partial charge in [-0.3, -0.25) is 4.98 Å². The van der Waals surface area contributed by atoms with Crippen LogP contribution >= 0.6 is 11.3 Å². The molecule has 4 nitrogen and oxygen atoms in total. The number of carboxylic acids is 1. The molecule has 0 bridgehead atoms. The molecule has 0 amide bonds. The Morgan fingerprint density at radius 1 is 1.40 bits per heavy atom. The van der Waals surface area contributed by atoms with E-state index in [2.05, 4.69) is 9.97 Å². The molecule has 0 aliphatic heterocycles. The first-order valence-corrected chi connectivity index (χ1v) is 5.15. The Kier molecular flexibility index (Phi) is 2.73. The summed E-state index contributed by atoms with van der Waals surface area (Å²) in [5, 5.41) is 9.49. The monoisotopic (exact) mass is 220 g/mol. The van der Waals surface area contributed by atoms with E-state index in [4.69, 9.17) is 5.11 Å². The standard InChI is InChI=1S/C10H8N2O2S/c13-10(14)8-6-12-9(15-8)5-7-3-1-2-4-11-7/h1-4,6H,5H2,(H,13,14). The maximum absolute atomic E-state index is 10.6. The predicted octanol–water partition coefficient (Wildman–Crippen LogP) is 1.83. The number of carboxylic acid groups (broad SMARTS) is 1. The van der Waals surface area contributed by atoms with Crippen LogP contribution in [0.1, 0.15) is 20.4 Å². The molecule has 2 heterocycles. The lowest BCUT2D eigenvalue weighted by Gasteiger charge is -1.94. The van der Waals surface area contributed by atoms with Gasteiger partial charge in [0.05, 0.1) is 11.2 Å². The highest BCUT2D eigenvalue weighted by Gasteiger charge is 2.08. The van der Waals surface area contributed by atoms with Crippen molar-refractivity contribution in [2.75, 3.05) is 0 Å². The second-order valence-corrected chi connectivity index (χ2v) is 4.04. The second kappa shape index (κ2) is 4.18. The Labute approximate surface area is 90.3 Å². The molecule has 0 fully saturated rings. The minimum absolute atomic E-state index is 0.265. The molecule has 0 aliphatic rings. The molecule has 15 heavy (non-hydrogen) atoms. The van der Waals surface area contributed by atoms with Crippen LogP contribution in [-0.2, 0) is 6.42 Å². The van der Waals surface area contributed by atoms with E-state index < -0.39 is 5.97 Å². The van der Waals surface area contributed by atoms with Crippen molar-refractivity contribution in [1.29, 1.82) is 0 Å². The number of carbonyl (C=O) groups is 1. The molecule has 2 rings (SSSR count). The first kappa shape index (κ1) is 9.79. The molecular weight excluding hydrogens is 212 g/mol. The van der Waals surface area contributed by atoms with Crippen molar-refractivity contribution in [3.05, 3.63) is 46.2 Å². The van der Waals surface area contributed by atoms with Crippen LogP contribution in [0.15, 0.2) is 30.6 Å². The number of rotatable bonds is 3. The van der Waals surface area contributed by atoms with Crippen molar-refractivity contribution in [3.63, 3.8) is 0 Å². The zero-order valence-electron chi connectivity index (χ0n) is 7.75. The van der Waals surface area contributed by atoms with E-state index in [1.807, 2.05) is 18.2 Å². The number of hydrogen-bond acceptors (Lipinski definition) is 4. The lowest BCUT2D eigenvalue weighted by Crippen LogP contribution is -1.90. The highest BCUT2D eigenvalue weighted by Crippen LogP contribution is 2.15. The molecule has 0 atom stereocenters. The number of pyridine rings is 1. The van der Waals surface area contributed by atoms with E-state index in [0.717, 1.165) is 10.7 Å². The van der Waals surface area contributed by atoms with Crippen molar-refractivity contribution in [1.82, 2.24) is 9.97 Å². The fourth-order valence-corrected chi connectivity index (χ4v) is 1.92. The Hall–Kier alpha value is -1.75. The van der Waals surface area contributed by atoms with E-state index in [-0.39, 0.29) is 4.88 Å². The van der Waals surface area contributed by atoms with Crippen LogP contribution in [0, 0.1) is 0 Å². The Bertz CT molecular complexity index is 467. The highest BCUT2D eigenvalue weighted by molar-refractivity contribution is 7.13. The lowest BCUT2D eigenvalue weighted by molar-refractivity contribution is 0.0702. The molecule has 2 aromatic rings. The SMILES string of the molecule is O=C(O)c1cnc(Cc2ccccn2)s1. The number of aromatic carboxylic acids is 1. The zero-order chi connectivity index (χ0) is 10.7. The summed E-state index contributed by atoms with van der Waals surface area (Å²) in [5.74, 6) is -0.931. The molecule has 0 aliphatic carbocycles. The van der Waals surface area contributed by atoms with Gasteiger partial charge < -0.3 is 5.11 Å². The van der Waals surface area contributed by atoms with Gasteiger partial charge in [0.1, 0.15) is 4.88 Å². The quantitative estimate of drug-likeness (QED) is 0.857. The first-order chi connectivity index (χ1) is 7.25. The Morgan fingerprint density at radius 3 is 2.87 bits per heavy atom. The fourth-order valence-electron chi connectivity index (χ4n) is 1.15. The third-order valence-electron chi connectivity index (χ3n) is 1.82. The van der Waals surface area contributed by atoms with Crippen LogP contribution < -0.4 is 0 Å². The van der Waals surface area contributed by atoms with Crippen LogP contribution in [0.5, 0.6) is 0 Å². The maximum atomic E-state index is 10.6. The molecule has 0 spiro atoms. The topological polar surface area (TPSA) is 63.1 Å². The zero-order valence-corrected chi connectivity index (χ0v) is 8.57. The van der Waals surface area contributed by atoms with Crippen LogP contribution in [0.3, 0.4) is 0 Å². The summed E-state index contributed by atoms with van der Waals surface area (Å²) >= 11 is 1.19. The van der Waals surface area contributed by atoms with E-state index >= 15 is 0 Å². The summed E-state index contributed by atoms with van der Waals surface area (Å²) < 4.78 is 0. The van der Waals surface area contributed by atoms with E-state index in [1.54, 1.807) is 6.20 Å². The summed E-state index contributed by atoms with van der Waals surface area (Å²) in [5.41, 5.74) is 0.892. The molecule has 0 radical (unpaired) electrons. The molecule has 2 aromatic heterocycles. The van der Waals surface area contributed by atoms with Crippen LogP contribution in [-0.4, -0.2) is 21.0 Å². The number of aromatic nitrogens is 2. The van der Waals surface area contributed by atoms with Gasteiger partial charge >= 0.3 is 5.97 Å². The summed E-state index contributed by atoms with van der Waals surface area (Å²) in [6.07, 6.45) is 3.67. The number of hydrogen-bond donors (Lipinski definition) is 1. The van der Waals surface area contributed by atoms with Crippen molar-refractivity contribution in [2.24, 2.45) is 0 Å². The van der Waals surface area contributed by atoms with Crippen molar-refractivity contribution < 1.29 is 9.90 Å². The second-order valence-electron chi connectivity index (χ2n) is 2.92. The van der Waals surface area contributed by atoms with Gasteiger partial charge in [-0.2, -0.15) is 0 Å². The molecule has 0 aromatic carbocycles. The van der Waals surface area contributed by atoms with Gasteiger partial charge in [-0.15, -0.1) is 11.3 Å². The lowest BCUT2D eigenvalue weighted by atomic mass is 10.3. The third kappa shape index (κ3) is 2.38. The van der Waals surface area contributed by atoms with Gasteiger partial charge in [0.15, 0.2) is 0 Å². The third-order valence-corrected chi connectivity index (χ3v) is 2.81. The molecule has 0 saturated carbocycles. The highest BCUT2D eigenvalue weighted by atomic mass is 32.1. The summed E-state index contributed by atoms with van der Waals surface area (Å²) in [7, 11) is 0. The predicted molar refractivity (Wildman–Crippen MR) is 56.1 cm³/mol. The van der Waals surface area contributed by atoms with Gasteiger partial charge in [0, 0.05) is 18.3 Å². The average molecular weight is 220 g/mol. The Balaban J connectivity index is 2.15. The van der Waals surface area contributed by atoms with E-state index in [1.165, 1.54) is 17.5 Å². The summed E-state index contributed by atoms with van der Waals surface area (Å²) in [6.45, 7) is 0. The van der Waals surface area contributed by atoms with Gasteiger partial charge in [0.25, 0.3) is 0 Å². The van der Waals surface area contributed by atoms with Gasteiger partial charge in [-0.1, -0.05) is 6.07 Å². The number of nitrogens with zero attached hydrogens (tertiary/aromatic N) is 2. The largest absolute Gasteiger partial charge is 0.477 e. The van der Waals surface area contributed by atoms with E-state index in [0.29, 0.717) is 6.42 Å². The van der Waals surface area contributed by atoms with Gasteiger partial charge in [-0.25, -0.2) is 9.78 Å². The van der Waals surface area contributed by atoms with Crippen LogP contribution in [0.2, 0.25) is 0 Å². The normalized spacial score (nSPS) is 10.1. The van der Waals surface area contributed by atoms with Gasteiger partial charge in [-0.05, 0) is 12.1 Å². The first-order valence-electron chi connectivity index (χ1n) is 4.33. The molecule has 76 valence electrons. The fraction of sp³-hybridized carbons (Fsp3) is 0.100. The smallest absolute Gasteiger partial charge is 0.347 e. The molecule has 0 unspecified atom stereocenters. The minimum atomic E-state index is -0.931. The van der Waals surface area contributed by atoms with Crippen molar-refractivity contribution in [3.8, 4) is 0 Å². The Morgan fingerprint density at radius 2 is 2.27 bits per heavy atom. The molecular formula is C10H8N2O2S. The van der Waals surface area contributed by atoms with Gasteiger partial charge in [0.2, 0.25) is 0 Å². The maximum Gasteiger partial charge on any atom is 0.347 e. The average Bonchev–Trinajstić information content (AvgIpc) is 2.68. The molecule has 5 heteroatoms. The van der Waals surface area contributed by atoms with Crippen molar-refractivity contribution in [2.45, 2.75) is 6.42 Å². The molecule has 0 saturated heterocycles. The van der Waals surface area contributed by atoms with Crippen molar-refractivity contribution >= 4 is 17.3 Å². The van der Waals surface area contributed by atoms with E-state index in [9.17, 15) is 4.79 Å². The minimum Gasteiger partial charge on any atom is -0.477 e. The summed E-state index contributed by atoms with van der Waals surface area (Å²) in [4.78, 5) is 19.1. The molecule has 1 N–H and O–H groups in total. The number of thiazole rings is 1.